The molecule has 184 valence electrons. The van der Waals surface area contributed by atoms with Crippen LogP contribution in [0.5, 0.6) is 0 Å². The number of nitrogen functional groups attached to an aromatic ring is 1. The van der Waals surface area contributed by atoms with Gasteiger partial charge in [-0.1, -0.05) is 0 Å². The standard InChI is InChI=1S/C27H33FN6O/c1-31-25-5-3-2-4-24(25)26(30-31)34(27(35)20-6-10-22(29)11-7-20)19-16-32-14-17-33(18-15-32)23-12-8-21(28)9-13-23/h6-13H,2-5,14-19,29H2,1H3. The number of carbonyl (C=O) groups excluding carboxylic acids is 1. The SMILES string of the molecule is Cn1nc(N(CCN2CCN(c3ccc(F)cc3)CC2)C(=O)c2ccc(N)cc2)c2c1CCCC2. The van der Waals surface area contributed by atoms with Crippen LogP contribution in [0, 0.1) is 5.82 Å². The Morgan fingerprint density at radius 3 is 2.40 bits per heavy atom. The summed E-state index contributed by atoms with van der Waals surface area (Å²) in [4.78, 5) is 20.2. The molecule has 1 aliphatic carbocycles. The van der Waals surface area contributed by atoms with Crippen molar-refractivity contribution in [3.8, 4) is 0 Å². The van der Waals surface area contributed by atoms with E-state index in [4.69, 9.17) is 10.8 Å². The number of rotatable bonds is 6. The van der Waals surface area contributed by atoms with Crippen LogP contribution < -0.4 is 15.5 Å². The molecule has 2 aliphatic rings. The summed E-state index contributed by atoms with van der Waals surface area (Å²) in [7, 11) is 1.98. The number of benzene rings is 2. The van der Waals surface area contributed by atoms with E-state index in [0.717, 1.165) is 69.9 Å². The average molecular weight is 477 g/mol. The first-order chi connectivity index (χ1) is 17.0. The number of nitrogens with two attached hydrogens (primary N) is 1. The Morgan fingerprint density at radius 2 is 1.69 bits per heavy atom. The maximum atomic E-state index is 13.7. The lowest BCUT2D eigenvalue weighted by molar-refractivity contribution is 0.0982. The van der Waals surface area contributed by atoms with E-state index >= 15 is 0 Å². The predicted molar refractivity (Wildman–Crippen MR) is 137 cm³/mol. The van der Waals surface area contributed by atoms with Crippen molar-refractivity contribution in [2.45, 2.75) is 25.7 Å². The molecule has 1 aliphatic heterocycles. The monoisotopic (exact) mass is 476 g/mol. The fourth-order valence-electron chi connectivity index (χ4n) is 5.18. The Kier molecular flexibility index (Phi) is 6.72. The van der Waals surface area contributed by atoms with Crippen molar-refractivity contribution in [3.63, 3.8) is 0 Å². The van der Waals surface area contributed by atoms with Crippen LogP contribution in [0.4, 0.5) is 21.6 Å². The summed E-state index contributed by atoms with van der Waals surface area (Å²) in [5.74, 6) is 0.547. The van der Waals surface area contributed by atoms with Crippen LogP contribution in [0.2, 0.25) is 0 Å². The van der Waals surface area contributed by atoms with Crippen LogP contribution in [-0.4, -0.2) is 59.9 Å². The zero-order valence-electron chi connectivity index (χ0n) is 20.3. The lowest BCUT2D eigenvalue weighted by Gasteiger charge is -2.37. The number of halogens is 1. The van der Waals surface area contributed by atoms with Gasteiger partial charge in [0.15, 0.2) is 5.82 Å². The highest BCUT2D eigenvalue weighted by atomic mass is 19.1. The third kappa shape index (κ3) is 5.03. The number of hydrogen-bond donors (Lipinski definition) is 1. The second-order valence-corrected chi connectivity index (χ2v) is 9.46. The molecule has 0 atom stereocenters. The topological polar surface area (TPSA) is 70.6 Å². The molecule has 2 aromatic carbocycles. The summed E-state index contributed by atoms with van der Waals surface area (Å²) in [6.45, 7) is 4.86. The van der Waals surface area contributed by atoms with E-state index in [2.05, 4.69) is 9.80 Å². The molecule has 0 bridgehead atoms. The molecule has 1 saturated heterocycles. The molecule has 35 heavy (non-hydrogen) atoms. The molecule has 3 aromatic rings. The zero-order chi connectivity index (χ0) is 24.4. The van der Waals surface area contributed by atoms with Gasteiger partial charge in [-0.3, -0.25) is 19.3 Å². The number of carbonyl (C=O) groups is 1. The van der Waals surface area contributed by atoms with E-state index in [-0.39, 0.29) is 11.7 Å². The van der Waals surface area contributed by atoms with E-state index in [9.17, 15) is 9.18 Å². The smallest absolute Gasteiger partial charge is 0.259 e. The molecule has 0 saturated carbocycles. The first-order valence-corrected chi connectivity index (χ1v) is 12.4. The van der Waals surface area contributed by atoms with E-state index in [1.807, 2.05) is 28.8 Å². The van der Waals surface area contributed by atoms with Crippen molar-refractivity contribution in [3.05, 3.63) is 71.2 Å². The summed E-state index contributed by atoms with van der Waals surface area (Å²) in [5, 5.41) is 4.82. The molecule has 2 N–H and O–H groups in total. The van der Waals surface area contributed by atoms with Gasteiger partial charge in [0.25, 0.3) is 5.91 Å². The van der Waals surface area contributed by atoms with Crippen LogP contribution in [0.25, 0.3) is 0 Å². The second kappa shape index (κ2) is 10.1. The summed E-state index contributed by atoms with van der Waals surface area (Å²) < 4.78 is 15.2. The normalized spacial score (nSPS) is 16.2. The Bertz CT molecular complexity index is 1170. The van der Waals surface area contributed by atoms with Gasteiger partial charge in [0.05, 0.1) is 0 Å². The van der Waals surface area contributed by atoms with Gasteiger partial charge in [-0.2, -0.15) is 5.10 Å². The van der Waals surface area contributed by atoms with E-state index in [1.54, 1.807) is 24.3 Å². The van der Waals surface area contributed by atoms with Gasteiger partial charge in [-0.15, -0.1) is 0 Å². The fourth-order valence-corrected chi connectivity index (χ4v) is 5.18. The lowest BCUT2D eigenvalue weighted by Crippen LogP contribution is -2.49. The minimum absolute atomic E-state index is 0.0404. The molecule has 0 unspecified atom stereocenters. The predicted octanol–water partition coefficient (Wildman–Crippen LogP) is 3.49. The minimum atomic E-state index is -0.213. The highest BCUT2D eigenvalue weighted by Crippen LogP contribution is 2.30. The summed E-state index contributed by atoms with van der Waals surface area (Å²) >= 11 is 0. The fraction of sp³-hybridized carbons (Fsp3) is 0.407. The third-order valence-electron chi connectivity index (χ3n) is 7.21. The molecule has 5 rings (SSSR count). The summed E-state index contributed by atoms with van der Waals surface area (Å²) in [6.07, 6.45) is 4.26. The molecule has 8 heteroatoms. The van der Waals surface area contributed by atoms with Gasteiger partial charge >= 0.3 is 0 Å². The van der Waals surface area contributed by atoms with Crippen LogP contribution >= 0.6 is 0 Å². The third-order valence-corrected chi connectivity index (χ3v) is 7.21. The van der Waals surface area contributed by atoms with E-state index < -0.39 is 0 Å². The van der Waals surface area contributed by atoms with Crippen molar-refractivity contribution < 1.29 is 9.18 Å². The number of nitrogens with zero attached hydrogens (tertiary/aromatic N) is 5. The van der Waals surface area contributed by atoms with Crippen molar-refractivity contribution in [1.82, 2.24) is 14.7 Å². The molecule has 1 amide bonds. The molecule has 1 aromatic heterocycles. The maximum absolute atomic E-state index is 13.7. The number of aryl methyl sites for hydroxylation is 1. The van der Waals surface area contributed by atoms with Crippen LogP contribution in [0.3, 0.4) is 0 Å². The van der Waals surface area contributed by atoms with E-state index in [0.29, 0.717) is 17.8 Å². The molecule has 0 spiro atoms. The van der Waals surface area contributed by atoms with Gasteiger partial charge in [0.1, 0.15) is 5.82 Å². The van der Waals surface area contributed by atoms with Crippen molar-refractivity contribution in [2.75, 3.05) is 54.8 Å². The number of fused-ring (bicyclic) bond motifs is 1. The van der Waals surface area contributed by atoms with Crippen LogP contribution in [-0.2, 0) is 19.9 Å². The van der Waals surface area contributed by atoms with Crippen LogP contribution in [0.15, 0.2) is 48.5 Å². The first kappa shape index (κ1) is 23.4. The molecule has 0 radical (unpaired) electrons. The first-order valence-electron chi connectivity index (χ1n) is 12.4. The number of aromatic nitrogens is 2. The van der Waals surface area contributed by atoms with Crippen molar-refractivity contribution in [2.24, 2.45) is 7.05 Å². The second-order valence-electron chi connectivity index (χ2n) is 9.46. The highest BCUT2D eigenvalue weighted by Gasteiger charge is 2.28. The number of hydrogen-bond acceptors (Lipinski definition) is 5. The Labute approximate surface area is 205 Å². The van der Waals surface area contributed by atoms with Crippen molar-refractivity contribution in [1.29, 1.82) is 0 Å². The lowest BCUT2D eigenvalue weighted by atomic mass is 9.97. The summed E-state index contributed by atoms with van der Waals surface area (Å²) in [6, 6.07) is 13.8. The largest absolute Gasteiger partial charge is 0.399 e. The average Bonchev–Trinajstić information content (AvgIpc) is 3.22. The molecule has 1 fully saturated rings. The number of piperazine rings is 1. The zero-order valence-corrected chi connectivity index (χ0v) is 20.3. The van der Waals surface area contributed by atoms with Gasteiger partial charge in [-0.05, 0) is 74.2 Å². The van der Waals surface area contributed by atoms with E-state index in [1.165, 1.54) is 23.4 Å². The van der Waals surface area contributed by atoms with Gasteiger partial charge in [-0.25, -0.2) is 4.39 Å². The van der Waals surface area contributed by atoms with Gasteiger partial charge in [0.2, 0.25) is 0 Å². The Morgan fingerprint density at radius 1 is 1.00 bits per heavy atom. The minimum Gasteiger partial charge on any atom is -0.399 e. The number of amides is 1. The van der Waals surface area contributed by atoms with Gasteiger partial charge < -0.3 is 10.6 Å². The quantitative estimate of drug-likeness (QED) is 0.552. The van der Waals surface area contributed by atoms with Crippen molar-refractivity contribution >= 4 is 23.1 Å². The highest BCUT2D eigenvalue weighted by molar-refractivity contribution is 6.06. The summed E-state index contributed by atoms with van der Waals surface area (Å²) in [5.41, 5.74) is 10.6. The molecular weight excluding hydrogens is 443 g/mol. The molecule has 2 heterocycles. The Balaban J connectivity index is 1.31. The van der Waals surface area contributed by atoms with Crippen LogP contribution in [0.1, 0.15) is 34.5 Å². The molecule has 7 nitrogen and oxygen atoms in total. The Hall–Kier alpha value is -3.39. The number of anilines is 3. The van der Waals surface area contributed by atoms with Gasteiger partial charge in [0, 0.05) is 74.5 Å². The molecular formula is C27H33FN6O. The maximum Gasteiger partial charge on any atom is 0.259 e.